The second kappa shape index (κ2) is 7.70. The Labute approximate surface area is 171 Å². The third kappa shape index (κ3) is 3.75. The highest BCUT2D eigenvalue weighted by atomic mass is 19.1. The van der Waals surface area contributed by atoms with Crippen molar-refractivity contribution in [2.45, 2.75) is 33.9 Å². The molecule has 4 aromatic rings. The van der Waals surface area contributed by atoms with Gasteiger partial charge in [-0.3, -0.25) is 0 Å². The summed E-state index contributed by atoms with van der Waals surface area (Å²) < 4.78 is 15.6. The molecule has 0 amide bonds. The Kier molecular flexibility index (Phi) is 5.10. The normalized spacial score (nSPS) is 11.2. The van der Waals surface area contributed by atoms with E-state index in [4.69, 9.17) is 4.98 Å². The molecule has 0 unspecified atom stereocenters. The van der Waals surface area contributed by atoms with Gasteiger partial charge in [-0.05, 0) is 55.7 Å². The number of anilines is 1. The number of benzene rings is 2. The highest BCUT2D eigenvalue weighted by molar-refractivity contribution is 5.93. The Morgan fingerprint density at radius 1 is 0.966 bits per heavy atom. The average molecular weight is 388 g/mol. The molecule has 0 N–H and O–H groups in total. The molecule has 29 heavy (non-hydrogen) atoms. The minimum absolute atomic E-state index is 0.213. The molecule has 0 atom stereocenters. The van der Waals surface area contributed by atoms with Gasteiger partial charge in [-0.15, -0.1) is 0 Å². The fourth-order valence-corrected chi connectivity index (χ4v) is 3.99. The van der Waals surface area contributed by atoms with E-state index < -0.39 is 0 Å². The van der Waals surface area contributed by atoms with E-state index in [1.165, 1.54) is 39.9 Å². The zero-order valence-corrected chi connectivity index (χ0v) is 17.4. The van der Waals surface area contributed by atoms with Gasteiger partial charge >= 0.3 is 0 Å². The van der Waals surface area contributed by atoms with Crippen LogP contribution in [-0.4, -0.2) is 16.6 Å². The highest BCUT2D eigenvalue weighted by Gasteiger charge is 2.18. The molecular weight excluding hydrogens is 361 g/mol. The van der Waals surface area contributed by atoms with Gasteiger partial charge in [-0.2, -0.15) is 0 Å². The largest absolute Gasteiger partial charge is 0.354 e. The van der Waals surface area contributed by atoms with E-state index in [0.717, 1.165) is 23.4 Å². The van der Waals surface area contributed by atoms with Gasteiger partial charge in [0.1, 0.15) is 5.82 Å². The van der Waals surface area contributed by atoms with Crippen LogP contribution in [0.1, 0.15) is 27.9 Å². The van der Waals surface area contributed by atoms with Crippen LogP contribution in [0.5, 0.6) is 0 Å². The number of aryl methyl sites for hydroxylation is 2. The number of halogens is 1. The molecule has 0 spiro atoms. The summed E-state index contributed by atoms with van der Waals surface area (Å²) in [7, 11) is 2.04. The van der Waals surface area contributed by atoms with Crippen molar-refractivity contribution in [3.63, 3.8) is 0 Å². The van der Waals surface area contributed by atoms with E-state index in [-0.39, 0.29) is 5.82 Å². The average Bonchev–Trinajstić information content (AvgIpc) is 2.95. The molecule has 2 aromatic carbocycles. The first kappa shape index (κ1) is 19.2. The van der Waals surface area contributed by atoms with Gasteiger partial charge in [0.2, 0.25) is 0 Å². The van der Waals surface area contributed by atoms with Gasteiger partial charge < -0.3 is 9.47 Å². The minimum atomic E-state index is -0.213. The smallest absolute Gasteiger partial charge is 0.153 e. The fraction of sp³-hybridized carbons (Fsp3) is 0.240. The first-order valence-corrected chi connectivity index (χ1v) is 9.89. The first-order chi connectivity index (χ1) is 13.9. The zero-order chi connectivity index (χ0) is 20.5. The third-order valence-corrected chi connectivity index (χ3v) is 5.64. The second-order valence-corrected chi connectivity index (χ2v) is 7.80. The van der Waals surface area contributed by atoms with E-state index in [2.05, 4.69) is 60.6 Å². The standard InChI is InChI=1S/C25H26FN3/c1-17-6-5-7-21(14-17)16-29-19(3)18(2)23-12-13-27-25(24(23)29)28(4)15-20-8-10-22(26)11-9-20/h5-14H,15-16H2,1-4H3. The van der Waals surface area contributed by atoms with Crippen LogP contribution in [-0.2, 0) is 13.1 Å². The van der Waals surface area contributed by atoms with Crippen LogP contribution in [0.2, 0.25) is 0 Å². The predicted octanol–water partition coefficient (Wildman–Crippen LogP) is 5.79. The molecule has 0 fully saturated rings. The maximum absolute atomic E-state index is 13.3. The summed E-state index contributed by atoms with van der Waals surface area (Å²) in [6.07, 6.45) is 1.88. The molecule has 0 bridgehead atoms. The van der Waals surface area contributed by atoms with Crippen molar-refractivity contribution in [1.29, 1.82) is 0 Å². The van der Waals surface area contributed by atoms with Crippen molar-refractivity contribution >= 4 is 16.7 Å². The minimum Gasteiger partial charge on any atom is -0.354 e. The second-order valence-electron chi connectivity index (χ2n) is 7.80. The van der Waals surface area contributed by atoms with Gasteiger partial charge in [0.05, 0.1) is 5.52 Å². The molecule has 0 aliphatic carbocycles. The lowest BCUT2D eigenvalue weighted by Crippen LogP contribution is -2.19. The molecule has 2 heterocycles. The van der Waals surface area contributed by atoms with E-state index in [1.54, 1.807) is 0 Å². The Balaban J connectivity index is 1.78. The number of fused-ring (bicyclic) bond motifs is 1. The lowest BCUT2D eigenvalue weighted by atomic mass is 10.1. The Morgan fingerprint density at radius 2 is 1.72 bits per heavy atom. The molecule has 0 aliphatic heterocycles. The van der Waals surface area contributed by atoms with Crippen molar-refractivity contribution < 1.29 is 4.39 Å². The van der Waals surface area contributed by atoms with Gasteiger partial charge in [0.15, 0.2) is 5.82 Å². The SMILES string of the molecule is Cc1cccc(Cn2c(C)c(C)c3ccnc(N(C)Cc4ccc(F)cc4)c32)c1. The van der Waals surface area contributed by atoms with E-state index in [1.807, 2.05) is 25.4 Å². The lowest BCUT2D eigenvalue weighted by Gasteiger charge is -2.21. The van der Waals surface area contributed by atoms with E-state index in [0.29, 0.717) is 6.54 Å². The summed E-state index contributed by atoms with van der Waals surface area (Å²) >= 11 is 0. The summed E-state index contributed by atoms with van der Waals surface area (Å²) in [6.45, 7) is 7.95. The van der Waals surface area contributed by atoms with Crippen LogP contribution < -0.4 is 4.90 Å². The third-order valence-electron chi connectivity index (χ3n) is 5.64. The van der Waals surface area contributed by atoms with Crippen molar-refractivity contribution in [2.24, 2.45) is 0 Å². The van der Waals surface area contributed by atoms with Gasteiger partial charge in [-0.1, -0.05) is 42.0 Å². The molecule has 148 valence electrons. The Morgan fingerprint density at radius 3 is 2.45 bits per heavy atom. The number of hydrogen-bond donors (Lipinski definition) is 0. The summed E-state index contributed by atoms with van der Waals surface area (Å²) in [5.41, 5.74) is 7.28. The molecule has 2 aromatic heterocycles. The number of aromatic nitrogens is 2. The molecule has 0 radical (unpaired) electrons. The van der Waals surface area contributed by atoms with Crippen molar-refractivity contribution in [1.82, 2.24) is 9.55 Å². The first-order valence-electron chi connectivity index (χ1n) is 9.89. The predicted molar refractivity (Wildman–Crippen MR) is 118 cm³/mol. The van der Waals surface area contributed by atoms with Crippen molar-refractivity contribution in [2.75, 3.05) is 11.9 Å². The number of pyridine rings is 1. The quantitative estimate of drug-likeness (QED) is 0.432. The summed E-state index contributed by atoms with van der Waals surface area (Å²) in [5.74, 6) is 0.727. The van der Waals surface area contributed by atoms with Gasteiger partial charge in [0, 0.05) is 37.4 Å². The van der Waals surface area contributed by atoms with Crippen LogP contribution >= 0.6 is 0 Å². The van der Waals surface area contributed by atoms with E-state index in [9.17, 15) is 4.39 Å². The monoisotopic (exact) mass is 387 g/mol. The molecule has 0 saturated heterocycles. The summed E-state index contributed by atoms with van der Waals surface area (Å²) in [6, 6.07) is 17.4. The van der Waals surface area contributed by atoms with Gasteiger partial charge in [-0.25, -0.2) is 9.37 Å². The number of rotatable bonds is 5. The molecular formula is C25H26FN3. The van der Waals surface area contributed by atoms with Crippen LogP contribution in [0.4, 0.5) is 10.2 Å². The fourth-order valence-electron chi connectivity index (χ4n) is 3.99. The van der Waals surface area contributed by atoms with Crippen molar-refractivity contribution in [3.8, 4) is 0 Å². The van der Waals surface area contributed by atoms with Crippen LogP contribution in [0.15, 0.2) is 60.8 Å². The topological polar surface area (TPSA) is 21.1 Å². The molecule has 0 aliphatic rings. The van der Waals surface area contributed by atoms with Gasteiger partial charge in [0.25, 0.3) is 0 Å². The number of hydrogen-bond acceptors (Lipinski definition) is 2. The highest BCUT2D eigenvalue weighted by Crippen LogP contribution is 2.32. The van der Waals surface area contributed by atoms with Crippen LogP contribution in [0.25, 0.3) is 10.9 Å². The number of nitrogens with zero attached hydrogens (tertiary/aromatic N) is 3. The molecule has 4 rings (SSSR count). The maximum Gasteiger partial charge on any atom is 0.153 e. The lowest BCUT2D eigenvalue weighted by molar-refractivity contribution is 0.627. The summed E-state index contributed by atoms with van der Waals surface area (Å²) in [4.78, 5) is 6.87. The van der Waals surface area contributed by atoms with Crippen LogP contribution in [0, 0.1) is 26.6 Å². The Hall–Kier alpha value is -3.14. The molecule has 3 nitrogen and oxygen atoms in total. The zero-order valence-electron chi connectivity index (χ0n) is 17.4. The van der Waals surface area contributed by atoms with Crippen LogP contribution in [0.3, 0.4) is 0 Å². The molecule has 4 heteroatoms. The molecule has 0 saturated carbocycles. The summed E-state index contributed by atoms with van der Waals surface area (Å²) in [5, 5.41) is 1.23. The van der Waals surface area contributed by atoms with E-state index >= 15 is 0 Å². The Bertz CT molecular complexity index is 1160. The maximum atomic E-state index is 13.3. The van der Waals surface area contributed by atoms with Crippen molar-refractivity contribution in [3.05, 3.63) is 94.6 Å².